The van der Waals surface area contributed by atoms with Crippen molar-refractivity contribution in [2.75, 3.05) is 10.6 Å². The van der Waals surface area contributed by atoms with Gasteiger partial charge < -0.3 is 10.6 Å². The van der Waals surface area contributed by atoms with Gasteiger partial charge in [-0.1, -0.05) is 23.7 Å². The number of nitrogens with zero attached hydrogens (tertiary/aromatic N) is 3. The molecule has 0 saturated carbocycles. The van der Waals surface area contributed by atoms with E-state index in [2.05, 4.69) is 26.7 Å². The van der Waals surface area contributed by atoms with E-state index in [1.165, 1.54) is 18.5 Å². The molecule has 29 heavy (non-hydrogen) atoms. The smallest absolute Gasteiger partial charge is 0.141 e. The van der Waals surface area contributed by atoms with E-state index < -0.39 is 5.82 Å². The Hall–Kier alpha value is -3.69. The van der Waals surface area contributed by atoms with Gasteiger partial charge in [-0.05, 0) is 54.1 Å². The van der Waals surface area contributed by atoms with Gasteiger partial charge in [0, 0.05) is 23.3 Å². The number of benzene rings is 3. The molecule has 0 aliphatic carbocycles. The van der Waals surface area contributed by atoms with Crippen LogP contribution in [0.2, 0.25) is 5.02 Å². The molecular formula is C22H15ClFN5. The number of aromatic nitrogens is 2. The van der Waals surface area contributed by atoms with Gasteiger partial charge in [0.05, 0.1) is 22.2 Å². The molecule has 4 rings (SSSR count). The van der Waals surface area contributed by atoms with Crippen molar-refractivity contribution in [3.8, 4) is 6.07 Å². The normalized spacial score (nSPS) is 10.5. The average Bonchev–Trinajstić information content (AvgIpc) is 2.75. The van der Waals surface area contributed by atoms with Gasteiger partial charge in [-0.25, -0.2) is 14.4 Å². The predicted octanol–water partition coefficient (Wildman–Crippen LogP) is 5.65. The Morgan fingerprint density at radius 2 is 1.76 bits per heavy atom. The van der Waals surface area contributed by atoms with Crippen LogP contribution in [-0.4, -0.2) is 9.97 Å². The maximum atomic E-state index is 13.4. The number of nitriles is 1. The van der Waals surface area contributed by atoms with Gasteiger partial charge in [0.25, 0.3) is 0 Å². The summed E-state index contributed by atoms with van der Waals surface area (Å²) in [5.74, 6) is 0.124. The second-order valence-corrected chi connectivity index (χ2v) is 6.78. The number of rotatable bonds is 5. The van der Waals surface area contributed by atoms with Gasteiger partial charge in [0.15, 0.2) is 0 Å². The molecule has 142 valence electrons. The predicted molar refractivity (Wildman–Crippen MR) is 113 cm³/mol. The van der Waals surface area contributed by atoms with E-state index in [9.17, 15) is 4.39 Å². The molecule has 0 radical (unpaired) electrons. The van der Waals surface area contributed by atoms with E-state index in [1.54, 1.807) is 18.2 Å². The molecule has 0 atom stereocenters. The highest BCUT2D eigenvalue weighted by atomic mass is 35.5. The molecule has 7 heteroatoms. The summed E-state index contributed by atoms with van der Waals surface area (Å²) >= 11 is 5.87. The fourth-order valence-corrected chi connectivity index (χ4v) is 3.06. The number of hydrogen-bond acceptors (Lipinski definition) is 5. The van der Waals surface area contributed by atoms with E-state index in [1.807, 2.05) is 30.3 Å². The van der Waals surface area contributed by atoms with Crippen LogP contribution in [-0.2, 0) is 6.54 Å². The highest BCUT2D eigenvalue weighted by Gasteiger charge is 2.07. The van der Waals surface area contributed by atoms with Crippen LogP contribution in [0.3, 0.4) is 0 Å². The summed E-state index contributed by atoms with van der Waals surface area (Å²) in [6, 6.07) is 19.7. The second kappa shape index (κ2) is 8.13. The molecule has 0 unspecified atom stereocenters. The van der Waals surface area contributed by atoms with Crippen LogP contribution in [0.25, 0.3) is 10.9 Å². The molecule has 0 amide bonds. The topological polar surface area (TPSA) is 73.6 Å². The van der Waals surface area contributed by atoms with Crippen LogP contribution >= 0.6 is 11.6 Å². The molecule has 0 aliphatic heterocycles. The van der Waals surface area contributed by atoms with Crippen LogP contribution < -0.4 is 10.6 Å². The van der Waals surface area contributed by atoms with E-state index in [0.717, 1.165) is 22.2 Å². The maximum absolute atomic E-state index is 13.4. The Morgan fingerprint density at radius 1 is 0.966 bits per heavy atom. The Labute approximate surface area is 171 Å². The first-order valence-corrected chi connectivity index (χ1v) is 9.20. The minimum Gasteiger partial charge on any atom is -0.381 e. The van der Waals surface area contributed by atoms with Crippen LogP contribution in [0.15, 0.2) is 67.0 Å². The molecule has 3 aromatic carbocycles. The minimum atomic E-state index is -0.473. The number of nitrogens with one attached hydrogen (secondary N) is 2. The Kier molecular flexibility index (Phi) is 5.23. The van der Waals surface area contributed by atoms with Gasteiger partial charge in [-0.3, -0.25) is 0 Å². The molecule has 5 nitrogen and oxygen atoms in total. The standard InChI is InChI=1S/C22H15ClFN5/c23-19-10-17(5-7-20(19)24)29-22-18-9-16(6-8-21(18)27-13-28-22)26-12-15-3-1-14(11-25)2-4-15/h1-10,13,26H,12H2,(H,27,28,29). The summed E-state index contributed by atoms with van der Waals surface area (Å²) in [7, 11) is 0. The fraction of sp³-hybridized carbons (Fsp3) is 0.0455. The zero-order valence-electron chi connectivity index (χ0n) is 15.2. The maximum Gasteiger partial charge on any atom is 0.141 e. The van der Waals surface area contributed by atoms with Gasteiger partial charge in [-0.2, -0.15) is 5.26 Å². The lowest BCUT2D eigenvalue weighted by Crippen LogP contribution is -2.01. The van der Waals surface area contributed by atoms with Gasteiger partial charge in [0.1, 0.15) is 18.0 Å². The van der Waals surface area contributed by atoms with Crippen molar-refractivity contribution in [3.63, 3.8) is 0 Å². The molecule has 0 bridgehead atoms. The zero-order chi connectivity index (χ0) is 20.2. The van der Waals surface area contributed by atoms with Crippen molar-refractivity contribution in [1.29, 1.82) is 5.26 Å². The van der Waals surface area contributed by atoms with Crippen LogP contribution in [0, 0.1) is 17.1 Å². The van der Waals surface area contributed by atoms with Crippen molar-refractivity contribution >= 4 is 39.7 Å². The van der Waals surface area contributed by atoms with Crippen molar-refractivity contribution in [3.05, 3.63) is 89.0 Å². The molecule has 0 aliphatic rings. The fourth-order valence-electron chi connectivity index (χ4n) is 2.88. The molecule has 0 spiro atoms. The highest BCUT2D eigenvalue weighted by Crippen LogP contribution is 2.27. The lowest BCUT2D eigenvalue weighted by molar-refractivity contribution is 0.628. The van der Waals surface area contributed by atoms with Crippen LogP contribution in [0.4, 0.5) is 21.6 Å². The van der Waals surface area contributed by atoms with Gasteiger partial charge in [-0.15, -0.1) is 0 Å². The third-order valence-electron chi connectivity index (χ3n) is 4.40. The number of anilines is 3. The SMILES string of the molecule is N#Cc1ccc(CNc2ccc3ncnc(Nc4ccc(F)c(Cl)c4)c3c2)cc1. The molecule has 0 saturated heterocycles. The van der Waals surface area contributed by atoms with E-state index in [4.69, 9.17) is 16.9 Å². The van der Waals surface area contributed by atoms with Crippen molar-refractivity contribution < 1.29 is 4.39 Å². The molecule has 1 heterocycles. The van der Waals surface area contributed by atoms with Crippen molar-refractivity contribution in [2.24, 2.45) is 0 Å². The number of halogens is 2. The molecule has 1 aromatic heterocycles. The summed E-state index contributed by atoms with van der Waals surface area (Å²) in [6.07, 6.45) is 1.47. The number of fused-ring (bicyclic) bond motifs is 1. The Morgan fingerprint density at radius 3 is 2.52 bits per heavy atom. The summed E-state index contributed by atoms with van der Waals surface area (Å²) in [5.41, 5.74) is 4.00. The summed E-state index contributed by atoms with van der Waals surface area (Å²) < 4.78 is 13.4. The Balaban J connectivity index is 1.58. The van der Waals surface area contributed by atoms with Crippen LogP contribution in [0.5, 0.6) is 0 Å². The zero-order valence-corrected chi connectivity index (χ0v) is 15.9. The van der Waals surface area contributed by atoms with E-state index in [-0.39, 0.29) is 5.02 Å². The summed E-state index contributed by atoms with van der Waals surface area (Å²) in [4.78, 5) is 8.61. The average molecular weight is 404 g/mol. The number of hydrogen-bond donors (Lipinski definition) is 2. The Bertz CT molecular complexity index is 1220. The molecular weight excluding hydrogens is 389 g/mol. The van der Waals surface area contributed by atoms with Crippen molar-refractivity contribution in [1.82, 2.24) is 9.97 Å². The second-order valence-electron chi connectivity index (χ2n) is 6.37. The summed E-state index contributed by atoms with van der Waals surface area (Å²) in [5, 5.41) is 16.3. The first-order chi connectivity index (χ1) is 14.1. The largest absolute Gasteiger partial charge is 0.381 e. The van der Waals surface area contributed by atoms with E-state index in [0.29, 0.717) is 23.6 Å². The minimum absolute atomic E-state index is 0.0399. The molecule has 4 aromatic rings. The highest BCUT2D eigenvalue weighted by molar-refractivity contribution is 6.31. The summed E-state index contributed by atoms with van der Waals surface area (Å²) in [6.45, 7) is 0.612. The monoisotopic (exact) mass is 403 g/mol. The lowest BCUT2D eigenvalue weighted by Gasteiger charge is -2.11. The van der Waals surface area contributed by atoms with E-state index >= 15 is 0 Å². The molecule has 2 N–H and O–H groups in total. The lowest BCUT2D eigenvalue weighted by atomic mass is 10.1. The third kappa shape index (κ3) is 4.26. The van der Waals surface area contributed by atoms with Gasteiger partial charge in [0.2, 0.25) is 0 Å². The molecule has 0 fully saturated rings. The van der Waals surface area contributed by atoms with Gasteiger partial charge >= 0.3 is 0 Å². The first-order valence-electron chi connectivity index (χ1n) is 8.82. The first kappa shape index (κ1) is 18.7. The third-order valence-corrected chi connectivity index (χ3v) is 4.69. The van der Waals surface area contributed by atoms with Crippen LogP contribution in [0.1, 0.15) is 11.1 Å². The van der Waals surface area contributed by atoms with Crippen molar-refractivity contribution in [2.45, 2.75) is 6.54 Å². The quantitative estimate of drug-likeness (QED) is 0.450.